The molecule has 0 aliphatic rings. The summed E-state index contributed by atoms with van der Waals surface area (Å²) in [6, 6.07) is 12.0. The summed E-state index contributed by atoms with van der Waals surface area (Å²) < 4.78 is 10.5. The summed E-state index contributed by atoms with van der Waals surface area (Å²) in [5, 5.41) is 4.80. The van der Waals surface area contributed by atoms with Crippen molar-refractivity contribution in [2.24, 2.45) is 5.10 Å². The van der Waals surface area contributed by atoms with Crippen LogP contribution in [0, 0.1) is 0 Å². The number of carbonyl (C=O) groups is 1. The third-order valence-corrected chi connectivity index (χ3v) is 3.35. The van der Waals surface area contributed by atoms with Crippen LogP contribution in [0.1, 0.15) is 5.56 Å². The molecule has 2 aromatic carbocycles. The third-order valence-electron chi connectivity index (χ3n) is 2.78. The van der Waals surface area contributed by atoms with E-state index in [4.69, 9.17) is 32.7 Å². The Morgan fingerprint density at radius 2 is 1.96 bits per heavy atom. The second-order valence-corrected chi connectivity index (χ2v) is 5.24. The zero-order valence-electron chi connectivity index (χ0n) is 12.3. The average Bonchev–Trinajstić information content (AvgIpc) is 2.55. The SMILES string of the molecule is COc1ccccc1OCC(=O)N/N=C\c1ccc(Cl)cc1Cl. The lowest BCUT2D eigenvalue weighted by molar-refractivity contribution is -0.123. The Hall–Kier alpha value is -2.24. The summed E-state index contributed by atoms with van der Waals surface area (Å²) >= 11 is 11.8. The highest BCUT2D eigenvalue weighted by Crippen LogP contribution is 2.25. The van der Waals surface area contributed by atoms with Crippen LogP contribution in [0.4, 0.5) is 0 Å². The third kappa shape index (κ3) is 5.16. The lowest BCUT2D eigenvalue weighted by Gasteiger charge is -2.09. The standard InChI is InChI=1S/C16H14Cl2N2O3/c1-22-14-4-2-3-5-15(14)23-10-16(21)20-19-9-11-6-7-12(17)8-13(11)18/h2-9H,10H2,1H3,(H,20,21)/b19-9-. The molecule has 2 aromatic rings. The molecule has 0 radical (unpaired) electrons. The number of hydrogen-bond donors (Lipinski definition) is 1. The molecule has 0 atom stereocenters. The molecule has 0 bridgehead atoms. The molecule has 0 aliphatic heterocycles. The van der Waals surface area contributed by atoms with Gasteiger partial charge >= 0.3 is 0 Å². The largest absolute Gasteiger partial charge is 0.493 e. The number of para-hydroxylation sites is 2. The smallest absolute Gasteiger partial charge is 0.277 e. The van der Waals surface area contributed by atoms with Crippen LogP contribution in [0.15, 0.2) is 47.6 Å². The van der Waals surface area contributed by atoms with E-state index in [9.17, 15) is 4.79 Å². The molecule has 23 heavy (non-hydrogen) atoms. The molecule has 1 N–H and O–H groups in total. The Kier molecular flexibility index (Phi) is 6.26. The number of nitrogens with zero attached hydrogens (tertiary/aromatic N) is 1. The average molecular weight is 353 g/mol. The van der Waals surface area contributed by atoms with E-state index in [0.717, 1.165) is 0 Å². The lowest BCUT2D eigenvalue weighted by Crippen LogP contribution is -2.24. The second kappa shape index (κ2) is 8.41. The first-order chi connectivity index (χ1) is 11.1. The monoisotopic (exact) mass is 352 g/mol. The fourth-order valence-corrected chi connectivity index (χ4v) is 2.15. The van der Waals surface area contributed by atoms with Gasteiger partial charge in [-0.25, -0.2) is 5.43 Å². The second-order valence-electron chi connectivity index (χ2n) is 4.40. The first-order valence-electron chi connectivity index (χ1n) is 6.63. The first kappa shape index (κ1) is 17.1. The molecule has 0 saturated heterocycles. The summed E-state index contributed by atoms with van der Waals surface area (Å²) in [4.78, 5) is 11.7. The van der Waals surface area contributed by atoms with Crippen LogP contribution < -0.4 is 14.9 Å². The molecule has 0 spiro atoms. The number of halogens is 2. The van der Waals surface area contributed by atoms with E-state index >= 15 is 0 Å². The van der Waals surface area contributed by atoms with Gasteiger partial charge in [0.15, 0.2) is 18.1 Å². The van der Waals surface area contributed by atoms with Gasteiger partial charge in [-0.05, 0) is 24.3 Å². The Labute approximate surface area is 143 Å². The lowest BCUT2D eigenvalue weighted by atomic mass is 10.2. The molecule has 2 rings (SSSR count). The maximum absolute atomic E-state index is 11.7. The van der Waals surface area contributed by atoms with Crippen LogP contribution in [-0.4, -0.2) is 25.8 Å². The van der Waals surface area contributed by atoms with Crippen LogP contribution in [-0.2, 0) is 4.79 Å². The van der Waals surface area contributed by atoms with E-state index in [-0.39, 0.29) is 6.61 Å². The van der Waals surface area contributed by atoms with E-state index in [0.29, 0.717) is 27.1 Å². The minimum Gasteiger partial charge on any atom is -0.493 e. The molecule has 0 aromatic heterocycles. The highest BCUT2D eigenvalue weighted by Gasteiger charge is 2.06. The van der Waals surface area contributed by atoms with E-state index < -0.39 is 5.91 Å². The molecule has 0 unspecified atom stereocenters. The maximum atomic E-state index is 11.7. The van der Waals surface area contributed by atoms with Crippen molar-refractivity contribution < 1.29 is 14.3 Å². The van der Waals surface area contributed by atoms with E-state index in [1.165, 1.54) is 13.3 Å². The summed E-state index contributed by atoms with van der Waals surface area (Å²) in [6.45, 7) is -0.188. The van der Waals surface area contributed by atoms with Crippen LogP contribution in [0.25, 0.3) is 0 Å². The molecular formula is C16H14Cl2N2O3. The fourth-order valence-electron chi connectivity index (χ4n) is 1.69. The molecule has 0 saturated carbocycles. The van der Waals surface area contributed by atoms with E-state index in [2.05, 4.69) is 10.5 Å². The molecule has 0 heterocycles. The fraction of sp³-hybridized carbons (Fsp3) is 0.125. The van der Waals surface area contributed by atoms with Crippen molar-refractivity contribution in [3.05, 3.63) is 58.1 Å². The highest BCUT2D eigenvalue weighted by atomic mass is 35.5. The Balaban J connectivity index is 1.86. The van der Waals surface area contributed by atoms with Crippen LogP contribution in [0.5, 0.6) is 11.5 Å². The minimum atomic E-state index is -0.405. The van der Waals surface area contributed by atoms with Crippen LogP contribution >= 0.6 is 23.2 Å². The number of rotatable bonds is 6. The van der Waals surface area contributed by atoms with Crippen molar-refractivity contribution in [2.45, 2.75) is 0 Å². The maximum Gasteiger partial charge on any atom is 0.277 e. The molecule has 0 fully saturated rings. The van der Waals surface area contributed by atoms with Gasteiger partial charge in [-0.15, -0.1) is 0 Å². The van der Waals surface area contributed by atoms with Crippen molar-refractivity contribution >= 4 is 35.3 Å². The van der Waals surface area contributed by atoms with Gasteiger partial charge in [0.05, 0.1) is 18.3 Å². The van der Waals surface area contributed by atoms with Crippen molar-refractivity contribution in [2.75, 3.05) is 13.7 Å². The number of hydrogen-bond acceptors (Lipinski definition) is 4. The summed E-state index contributed by atoms with van der Waals surface area (Å²) in [5.74, 6) is 0.629. The number of benzene rings is 2. The number of amides is 1. The van der Waals surface area contributed by atoms with Crippen LogP contribution in [0.2, 0.25) is 10.0 Å². The summed E-state index contributed by atoms with van der Waals surface area (Å²) in [7, 11) is 1.53. The number of carbonyl (C=O) groups excluding carboxylic acids is 1. The zero-order valence-corrected chi connectivity index (χ0v) is 13.8. The molecule has 0 aliphatic carbocycles. The van der Waals surface area contributed by atoms with Crippen LogP contribution in [0.3, 0.4) is 0 Å². The van der Waals surface area contributed by atoms with E-state index in [1.54, 1.807) is 36.4 Å². The quantitative estimate of drug-likeness (QED) is 0.638. The Bertz CT molecular complexity index is 720. The zero-order chi connectivity index (χ0) is 16.7. The first-order valence-corrected chi connectivity index (χ1v) is 7.38. The number of methoxy groups -OCH3 is 1. The molecule has 120 valence electrons. The van der Waals surface area contributed by atoms with Crippen molar-refractivity contribution in [3.63, 3.8) is 0 Å². The van der Waals surface area contributed by atoms with Gasteiger partial charge in [-0.1, -0.05) is 41.4 Å². The van der Waals surface area contributed by atoms with Gasteiger partial charge in [-0.3, -0.25) is 4.79 Å². The predicted octanol–water partition coefficient (Wildman–Crippen LogP) is 3.53. The van der Waals surface area contributed by atoms with Crippen molar-refractivity contribution in [3.8, 4) is 11.5 Å². The molecule has 7 heteroatoms. The normalized spacial score (nSPS) is 10.6. The predicted molar refractivity (Wildman–Crippen MR) is 90.7 cm³/mol. The number of hydrazone groups is 1. The Morgan fingerprint density at radius 3 is 2.65 bits per heavy atom. The Morgan fingerprint density at radius 1 is 1.22 bits per heavy atom. The summed E-state index contributed by atoms with van der Waals surface area (Å²) in [5.41, 5.74) is 2.99. The van der Waals surface area contributed by atoms with Crippen molar-refractivity contribution in [1.82, 2.24) is 5.43 Å². The van der Waals surface area contributed by atoms with Gasteiger partial charge in [0.25, 0.3) is 5.91 Å². The highest BCUT2D eigenvalue weighted by molar-refractivity contribution is 6.36. The van der Waals surface area contributed by atoms with Gasteiger partial charge < -0.3 is 9.47 Å². The summed E-state index contributed by atoms with van der Waals surface area (Å²) in [6.07, 6.45) is 1.43. The minimum absolute atomic E-state index is 0.188. The van der Waals surface area contributed by atoms with Gasteiger partial charge in [-0.2, -0.15) is 5.10 Å². The topological polar surface area (TPSA) is 59.9 Å². The van der Waals surface area contributed by atoms with Gasteiger partial charge in [0, 0.05) is 10.6 Å². The van der Waals surface area contributed by atoms with Gasteiger partial charge in [0.1, 0.15) is 0 Å². The number of nitrogens with one attached hydrogen (secondary N) is 1. The number of ether oxygens (including phenoxy) is 2. The van der Waals surface area contributed by atoms with Crippen molar-refractivity contribution in [1.29, 1.82) is 0 Å². The van der Waals surface area contributed by atoms with Gasteiger partial charge in [0.2, 0.25) is 0 Å². The van der Waals surface area contributed by atoms with E-state index in [1.807, 2.05) is 6.07 Å². The molecule has 1 amide bonds. The molecule has 5 nitrogen and oxygen atoms in total. The molecular weight excluding hydrogens is 339 g/mol.